The van der Waals surface area contributed by atoms with Crippen LogP contribution < -0.4 is 14.9 Å². The van der Waals surface area contributed by atoms with Crippen LogP contribution in [0.25, 0.3) is 11.3 Å². The Balaban J connectivity index is 1.54. The molecular weight excluding hydrogens is 370 g/mol. The van der Waals surface area contributed by atoms with Gasteiger partial charge in [-0.3, -0.25) is 4.79 Å². The maximum absolute atomic E-state index is 12.6. The molecule has 0 spiro atoms. The van der Waals surface area contributed by atoms with E-state index in [0.29, 0.717) is 39.1 Å². The predicted octanol–water partition coefficient (Wildman–Crippen LogP) is 3.80. The molecule has 1 amide bonds. The Bertz CT molecular complexity index is 1030. The van der Waals surface area contributed by atoms with Crippen molar-refractivity contribution in [3.63, 3.8) is 0 Å². The second-order valence-corrected chi connectivity index (χ2v) is 6.16. The smallest absolute Gasteiger partial charge is 0.277 e. The van der Waals surface area contributed by atoms with E-state index in [1.54, 1.807) is 19.1 Å². The van der Waals surface area contributed by atoms with Gasteiger partial charge in [-0.1, -0.05) is 47.1 Å². The van der Waals surface area contributed by atoms with Gasteiger partial charge in [-0.2, -0.15) is 5.10 Å². The molecule has 2 heterocycles. The SMILES string of the molecule is Cc1onc(-c2ccccc2)c1C(=O)NN=Cc1cc2c(cc1Cl)OCO2. The number of aromatic nitrogens is 1. The minimum Gasteiger partial charge on any atom is -0.454 e. The number of ether oxygens (including phenoxy) is 2. The van der Waals surface area contributed by atoms with E-state index in [9.17, 15) is 4.79 Å². The third-order valence-corrected chi connectivity index (χ3v) is 4.33. The Morgan fingerprint density at radius 2 is 1.96 bits per heavy atom. The topological polar surface area (TPSA) is 86.0 Å². The molecule has 3 aromatic rings. The molecule has 1 aliphatic heterocycles. The van der Waals surface area contributed by atoms with Crippen molar-refractivity contribution in [2.45, 2.75) is 6.92 Å². The lowest BCUT2D eigenvalue weighted by Crippen LogP contribution is -2.18. The van der Waals surface area contributed by atoms with Gasteiger partial charge in [0.15, 0.2) is 11.5 Å². The number of carbonyl (C=O) groups excluding carboxylic acids is 1. The third kappa shape index (κ3) is 3.37. The molecule has 1 N–H and O–H groups in total. The van der Waals surface area contributed by atoms with Crippen LogP contribution in [0.15, 0.2) is 52.1 Å². The van der Waals surface area contributed by atoms with E-state index < -0.39 is 5.91 Å². The van der Waals surface area contributed by atoms with Gasteiger partial charge < -0.3 is 14.0 Å². The number of aryl methyl sites for hydroxylation is 1. The van der Waals surface area contributed by atoms with Crippen molar-refractivity contribution in [2.24, 2.45) is 5.10 Å². The first-order valence-electron chi connectivity index (χ1n) is 8.07. The number of nitrogens with zero attached hydrogens (tertiary/aromatic N) is 2. The lowest BCUT2D eigenvalue weighted by molar-refractivity contribution is 0.0954. The molecule has 0 fully saturated rings. The van der Waals surface area contributed by atoms with E-state index in [0.717, 1.165) is 5.56 Å². The number of rotatable bonds is 4. The average molecular weight is 384 g/mol. The summed E-state index contributed by atoms with van der Waals surface area (Å²) < 4.78 is 15.8. The summed E-state index contributed by atoms with van der Waals surface area (Å²) in [4.78, 5) is 12.6. The van der Waals surface area contributed by atoms with Crippen molar-refractivity contribution in [1.29, 1.82) is 0 Å². The van der Waals surface area contributed by atoms with Crippen molar-refractivity contribution < 1.29 is 18.8 Å². The maximum Gasteiger partial charge on any atom is 0.277 e. The highest BCUT2D eigenvalue weighted by molar-refractivity contribution is 6.33. The zero-order chi connectivity index (χ0) is 18.8. The number of hydrazone groups is 1. The van der Waals surface area contributed by atoms with Crippen LogP contribution in [0.1, 0.15) is 21.7 Å². The molecule has 7 nitrogen and oxygen atoms in total. The lowest BCUT2D eigenvalue weighted by Gasteiger charge is -2.03. The number of hydrogen-bond acceptors (Lipinski definition) is 6. The molecule has 0 radical (unpaired) electrons. The number of nitrogens with one attached hydrogen (secondary N) is 1. The molecule has 1 aromatic heterocycles. The summed E-state index contributed by atoms with van der Waals surface area (Å²) in [5, 5.41) is 8.41. The predicted molar refractivity (Wildman–Crippen MR) is 99.3 cm³/mol. The second kappa shape index (κ2) is 7.13. The summed E-state index contributed by atoms with van der Waals surface area (Å²) in [6.45, 7) is 1.82. The van der Waals surface area contributed by atoms with Crippen LogP contribution in [0.3, 0.4) is 0 Å². The van der Waals surface area contributed by atoms with Gasteiger partial charge in [0.1, 0.15) is 17.0 Å². The minimum absolute atomic E-state index is 0.151. The number of carbonyl (C=O) groups is 1. The highest BCUT2D eigenvalue weighted by Crippen LogP contribution is 2.36. The van der Waals surface area contributed by atoms with E-state index in [4.69, 9.17) is 25.6 Å². The van der Waals surface area contributed by atoms with Gasteiger partial charge in [0.2, 0.25) is 6.79 Å². The van der Waals surface area contributed by atoms with Crippen molar-refractivity contribution in [3.05, 3.63) is 64.4 Å². The molecule has 4 rings (SSSR count). The first-order chi connectivity index (χ1) is 13.1. The van der Waals surface area contributed by atoms with E-state index in [2.05, 4.69) is 15.7 Å². The van der Waals surface area contributed by atoms with Crippen molar-refractivity contribution >= 4 is 23.7 Å². The second-order valence-electron chi connectivity index (χ2n) is 5.75. The standard InChI is InChI=1S/C19H14ClN3O4/c1-11-17(18(23-27-11)12-5-3-2-4-6-12)19(24)22-21-9-13-7-15-16(8-14(13)20)26-10-25-15/h2-9H,10H2,1H3,(H,22,24). The molecule has 0 saturated heterocycles. The van der Waals surface area contributed by atoms with Gasteiger partial charge in [-0.05, 0) is 13.0 Å². The summed E-state index contributed by atoms with van der Waals surface area (Å²) in [5.74, 6) is 1.13. The van der Waals surface area contributed by atoms with Crippen LogP contribution in [-0.4, -0.2) is 24.1 Å². The molecule has 8 heteroatoms. The van der Waals surface area contributed by atoms with Crippen molar-refractivity contribution in [2.75, 3.05) is 6.79 Å². The molecular formula is C19H14ClN3O4. The molecule has 0 atom stereocenters. The summed E-state index contributed by atoms with van der Waals surface area (Å²) in [7, 11) is 0. The summed E-state index contributed by atoms with van der Waals surface area (Å²) in [5.41, 5.74) is 4.64. The molecule has 0 bridgehead atoms. The molecule has 27 heavy (non-hydrogen) atoms. The highest BCUT2D eigenvalue weighted by Gasteiger charge is 2.21. The first kappa shape index (κ1) is 17.1. The summed E-state index contributed by atoms with van der Waals surface area (Å²) >= 11 is 6.19. The van der Waals surface area contributed by atoms with Crippen LogP contribution in [0.5, 0.6) is 11.5 Å². The number of hydrogen-bond donors (Lipinski definition) is 1. The maximum atomic E-state index is 12.6. The first-order valence-corrected chi connectivity index (χ1v) is 8.45. The largest absolute Gasteiger partial charge is 0.454 e. The molecule has 0 aliphatic carbocycles. The quantitative estimate of drug-likeness (QED) is 0.547. The van der Waals surface area contributed by atoms with E-state index in [-0.39, 0.29) is 6.79 Å². The Labute approximate surface area is 159 Å². The third-order valence-electron chi connectivity index (χ3n) is 4.00. The van der Waals surface area contributed by atoms with Crippen molar-refractivity contribution in [3.8, 4) is 22.8 Å². The molecule has 1 aliphatic rings. The zero-order valence-electron chi connectivity index (χ0n) is 14.2. The molecule has 2 aromatic carbocycles. The lowest BCUT2D eigenvalue weighted by atomic mass is 10.1. The van der Waals surface area contributed by atoms with E-state index in [1.165, 1.54) is 6.21 Å². The Morgan fingerprint density at radius 3 is 2.74 bits per heavy atom. The van der Waals surface area contributed by atoms with Crippen LogP contribution in [-0.2, 0) is 0 Å². The molecule has 136 valence electrons. The van der Waals surface area contributed by atoms with Gasteiger partial charge in [0.25, 0.3) is 5.91 Å². The van der Waals surface area contributed by atoms with Gasteiger partial charge >= 0.3 is 0 Å². The Hall–Kier alpha value is -3.32. The summed E-state index contributed by atoms with van der Waals surface area (Å²) in [6, 6.07) is 12.6. The van der Waals surface area contributed by atoms with Crippen molar-refractivity contribution in [1.82, 2.24) is 10.6 Å². The fourth-order valence-electron chi connectivity index (χ4n) is 2.68. The van der Waals surface area contributed by atoms with Crippen LogP contribution in [0.2, 0.25) is 5.02 Å². The summed E-state index contributed by atoms with van der Waals surface area (Å²) in [6.07, 6.45) is 1.44. The molecule has 0 unspecified atom stereocenters. The minimum atomic E-state index is -0.430. The van der Waals surface area contributed by atoms with Crippen LogP contribution in [0.4, 0.5) is 0 Å². The number of fused-ring (bicyclic) bond motifs is 1. The number of benzene rings is 2. The number of amides is 1. The van der Waals surface area contributed by atoms with Crippen LogP contribution in [0, 0.1) is 6.92 Å². The van der Waals surface area contributed by atoms with Crippen LogP contribution >= 0.6 is 11.6 Å². The normalized spacial score (nSPS) is 12.5. The number of halogens is 1. The van der Waals surface area contributed by atoms with E-state index >= 15 is 0 Å². The van der Waals surface area contributed by atoms with Gasteiger partial charge in [-0.15, -0.1) is 0 Å². The van der Waals surface area contributed by atoms with Gasteiger partial charge in [-0.25, -0.2) is 5.43 Å². The highest BCUT2D eigenvalue weighted by atomic mass is 35.5. The fraction of sp³-hybridized carbons (Fsp3) is 0.105. The fourth-order valence-corrected chi connectivity index (χ4v) is 2.88. The molecule has 0 saturated carbocycles. The van der Waals surface area contributed by atoms with Gasteiger partial charge in [0, 0.05) is 17.2 Å². The van der Waals surface area contributed by atoms with E-state index in [1.807, 2.05) is 30.3 Å². The van der Waals surface area contributed by atoms with Gasteiger partial charge in [0.05, 0.1) is 11.2 Å². The Kier molecular flexibility index (Phi) is 4.52. The zero-order valence-corrected chi connectivity index (χ0v) is 15.0. The monoisotopic (exact) mass is 383 g/mol. The average Bonchev–Trinajstić information content (AvgIpc) is 3.28. The Morgan fingerprint density at radius 1 is 1.22 bits per heavy atom.